The average Bonchev–Trinajstić information content (AvgIpc) is 3.25. The van der Waals surface area contributed by atoms with Crippen LogP contribution in [0.2, 0.25) is 0 Å². The van der Waals surface area contributed by atoms with E-state index < -0.39 is 77.9 Å². The van der Waals surface area contributed by atoms with E-state index in [1.54, 1.807) is 0 Å². The Morgan fingerprint density at radius 3 is 2.28 bits per heavy atom. The van der Waals surface area contributed by atoms with Gasteiger partial charge in [0.05, 0.1) is 11.7 Å². The van der Waals surface area contributed by atoms with Gasteiger partial charge in [0.2, 0.25) is 11.7 Å². The number of benzene rings is 2. The first-order chi connectivity index (χ1) is 18.3. The predicted octanol–water partition coefficient (Wildman–Crippen LogP) is 4.24. The number of aromatic nitrogens is 2. The van der Waals surface area contributed by atoms with Crippen LogP contribution in [0.25, 0.3) is 0 Å². The molecular weight excluding hydrogens is 537 g/mol. The van der Waals surface area contributed by atoms with E-state index >= 15 is 0 Å². The molecule has 208 valence electrons. The van der Waals surface area contributed by atoms with Crippen molar-refractivity contribution in [3.8, 4) is 0 Å². The number of carbonyl (C=O) groups is 2. The predicted molar refractivity (Wildman–Crippen MR) is 121 cm³/mol. The van der Waals surface area contributed by atoms with Crippen LogP contribution in [0, 0.1) is 23.3 Å². The van der Waals surface area contributed by atoms with Gasteiger partial charge in [-0.15, -0.1) is 0 Å². The van der Waals surface area contributed by atoms with Crippen LogP contribution in [-0.2, 0) is 30.4 Å². The molecule has 3 aromatic rings. The van der Waals surface area contributed by atoms with E-state index in [9.17, 15) is 45.4 Å². The summed E-state index contributed by atoms with van der Waals surface area (Å²) in [5.74, 6) is -8.23. The molecule has 0 bridgehead atoms. The van der Waals surface area contributed by atoms with E-state index in [4.69, 9.17) is 5.73 Å². The number of halogens is 7. The zero-order valence-electron chi connectivity index (χ0n) is 20.0. The second kappa shape index (κ2) is 10.7. The molecule has 2 aromatic carbocycles. The van der Waals surface area contributed by atoms with Crippen molar-refractivity contribution in [2.45, 2.75) is 44.1 Å². The van der Waals surface area contributed by atoms with Crippen LogP contribution < -0.4 is 5.73 Å². The van der Waals surface area contributed by atoms with Crippen molar-refractivity contribution in [1.29, 1.82) is 0 Å². The molecule has 7 nitrogen and oxygen atoms in total. The first kappa shape index (κ1) is 28.1. The standard InChI is InChI=1S/C25H21F7N4O3/c26-14-3-1-12(2-4-14)7-19-22-21(23(38)39)34-24(25(30,31)32)36(22)6-5-35(19)20(37)10-15(33)8-13-9-17(28)18(29)11-16(13)27/h1-4,9,11,15,19H,5-8,10,33H2,(H,38,39)/t15-,19?/m1/s1. The molecule has 1 aromatic heterocycles. The second-order valence-corrected chi connectivity index (χ2v) is 9.08. The van der Waals surface area contributed by atoms with E-state index in [0.717, 1.165) is 17.0 Å². The van der Waals surface area contributed by atoms with Gasteiger partial charge in [-0.3, -0.25) is 4.79 Å². The van der Waals surface area contributed by atoms with E-state index in [1.165, 1.54) is 12.1 Å². The molecule has 1 unspecified atom stereocenters. The SMILES string of the molecule is N[C@@H](CC(=O)N1CCn2c(C(F)(F)F)nc(C(=O)O)c2C1Cc1ccc(F)cc1)Cc1cc(F)c(F)cc1F. The first-order valence-electron chi connectivity index (χ1n) is 11.6. The molecule has 0 fully saturated rings. The Morgan fingerprint density at radius 2 is 1.67 bits per heavy atom. The fourth-order valence-corrected chi connectivity index (χ4v) is 4.68. The van der Waals surface area contributed by atoms with Crippen molar-refractivity contribution in [3.05, 3.63) is 88.0 Å². The lowest BCUT2D eigenvalue weighted by Gasteiger charge is -2.38. The quantitative estimate of drug-likeness (QED) is 0.334. The lowest BCUT2D eigenvalue weighted by Crippen LogP contribution is -2.46. The van der Waals surface area contributed by atoms with Gasteiger partial charge in [0.15, 0.2) is 17.3 Å². The Bertz CT molecular complexity index is 1410. The molecule has 1 amide bonds. The Morgan fingerprint density at radius 1 is 1.03 bits per heavy atom. The largest absolute Gasteiger partial charge is 0.476 e. The number of hydrogen-bond acceptors (Lipinski definition) is 4. The highest BCUT2D eigenvalue weighted by atomic mass is 19.4. The lowest BCUT2D eigenvalue weighted by molar-refractivity contribution is -0.148. The van der Waals surface area contributed by atoms with Crippen molar-refractivity contribution in [2.75, 3.05) is 6.54 Å². The van der Waals surface area contributed by atoms with Gasteiger partial charge < -0.3 is 20.3 Å². The van der Waals surface area contributed by atoms with E-state index in [-0.39, 0.29) is 30.6 Å². The molecule has 1 aliphatic rings. The third-order valence-electron chi connectivity index (χ3n) is 6.39. The van der Waals surface area contributed by atoms with Crippen LogP contribution in [0.5, 0.6) is 0 Å². The molecule has 0 spiro atoms. The second-order valence-electron chi connectivity index (χ2n) is 9.08. The summed E-state index contributed by atoms with van der Waals surface area (Å²) in [5, 5.41) is 9.63. The van der Waals surface area contributed by atoms with Gasteiger partial charge in [-0.1, -0.05) is 12.1 Å². The molecule has 2 heterocycles. The highest BCUT2D eigenvalue weighted by Gasteiger charge is 2.45. The summed E-state index contributed by atoms with van der Waals surface area (Å²) in [4.78, 5) is 29.7. The summed E-state index contributed by atoms with van der Waals surface area (Å²) in [7, 11) is 0. The number of carboxylic acids is 1. The average molecular weight is 558 g/mol. The van der Waals surface area contributed by atoms with E-state index in [2.05, 4.69) is 4.98 Å². The van der Waals surface area contributed by atoms with Gasteiger partial charge >= 0.3 is 12.1 Å². The Kier molecular flexibility index (Phi) is 7.68. The molecule has 0 saturated carbocycles. The number of fused-ring (bicyclic) bond motifs is 1. The van der Waals surface area contributed by atoms with Crippen molar-refractivity contribution in [3.63, 3.8) is 0 Å². The number of rotatable bonds is 7. The highest BCUT2D eigenvalue weighted by molar-refractivity contribution is 5.88. The maximum Gasteiger partial charge on any atom is 0.449 e. The maximum atomic E-state index is 14.1. The van der Waals surface area contributed by atoms with Gasteiger partial charge in [-0.25, -0.2) is 27.3 Å². The zero-order chi connectivity index (χ0) is 28.6. The minimum atomic E-state index is -4.98. The summed E-state index contributed by atoms with van der Waals surface area (Å²) < 4.78 is 96.0. The van der Waals surface area contributed by atoms with Crippen LogP contribution in [-0.4, -0.2) is 44.0 Å². The van der Waals surface area contributed by atoms with Crippen molar-refractivity contribution in [1.82, 2.24) is 14.5 Å². The summed E-state index contributed by atoms with van der Waals surface area (Å²) in [6.07, 6.45) is -5.99. The Hall–Kier alpha value is -3.94. The van der Waals surface area contributed by atoms with Crippen molar-refractivity contribution >= 4 is 11.9 Å². The van der Waals surface area contributed by atoms with E-state index in [0.29, 0.717) is 22.3 Å². The van der Waals surface area contributed by atoms with Gasteiger partial charge in [-0.05, 0) is 42.2 Å². The van der Waals surface area contributed by atoms with Crippen LogP contribution in [0.1, 0.15) is 45.6 Å². The van der Waals surface area contributed by atoms with Crippen LogP contribution >= 0.6 is 0 Å². The van der Waals surface area contributed by atoms with Crippen LogP contribution in [0.3, 0.4) is 0 Å². The topological polar surface area (TPSA) is 101 Å². The third-order valence-corrected chi connectivity index (χ3v) is 6.39. The number of aromatic carboxylic acids is 1. The molecular formula is C25H21F7N4O3. The van der Waals surface area contributed by atoms with Gasteiger partial charge in [-0.2, -0.15) is 13.2 Å². The van der Waals surface area contributed by atoms with Crippen molar-refractivity contribution in [2.24, 2.45) is 5.73 Å². The number of carbonyl (C=O) groups excluding carboxylic acids is 1. The summed E-state index contributed by atoms with van der Waals surface area (Å²) in [6, 6.07) is 3.50. The number of nitrogens with zero attached hydrogens (tertiary/aromatic N) is 3. The highest BCUT2D eigenvalue weighted by Crippen LogP contribution is 2.38. The summed E-state index contributed by atoms with van der Waals surface area (Å²) in [6.45, 7) is -0.703. The first-order valence-corrected chi connectivity index (χ1v) is 11.6. The minimum absolute atomic E-state index is 0.178. The van der Waals surface area contributed by atoms with Crippen molar-refractivity contribution < 1.29 is 45.4 Å². The Balaban J connectivity index is 1.67. The molecule has 0 aliphatic carbocycles. The monoisotopic (exact) mass is 558 g/mol. The lowest BCUT2D eigenvalue weighted by atomic mass is 9.96. The molecule has 4 rings (SSSR count). The maximum absolute atomic E-state index is 14.1. The smallest absolute Gasteiger partial charge is 0.449 e. The summed E-state index contributed by atoms with van der Waals surface area (Å²) >= 11 is 0. The van der Waals surface area contributed by atoms with Gasteiger partial charge in [0, 0.05) is 31.6 Å². The number of hydrogen-bond donors (Lipinski definition) is 2. The number of imidazole rings is 1. The van der Waals surface area contributed by atoms with Crippen LogP contribution in [0.15, 0.2) is 36.4 Å². The Labute approximate surface area is 216 Å². The fraction of sp³-hybridized carbons (Fsp3) is 0.320. The molecule has 0 saturated heterocycles. The molecule has 2 atom stereocenters. The summed E-state index contributed by atoms with van der Waals surface area (Å²) in [5.41, 5.74) is 4.85. The normalized spacial score (nSPS) is 16.2. The molecule has 0 radical (unpaired) electrons. The third kappa shape index (κ3) is 5.90. The van der Waals surface area contributed by atoms with Gasteiger partial charge in [0.1, 0.15) is 11.6 Å². The molecule has 14 heteroatoms. The van der Waals surface area contributed by atoms with Crippen LogP contribution in [0.4, 0.5) is 30.7 Å². The number of alkyl halides is 3. The number of nitrogens with two attached hydrogens (primary N) is 1. The fourth-order valence-electron chi connectivity index (χ4n) is 4.68. The zero-order valence-corrected chi connectivity index (χ0v) is 20.0. The molecule has 39 heavy (non-hydrogen) atoms. The minimum Gasteiger partial charge on any atom is -0.476 e. The molecule has 1 aliphatic heterocycles. The number of carboxylic acid groups (broad SMARTS) is 1. The van der Waals surface area contributed by atoms with E-state index in [1.807, 2.05) is 0 Å². The van der Waals surface area contributed by atoms with Gasteiger partial charge in [0.25, 0.3) is 0 Å². The number of amides is 1. The molecule has 3 N–H and O–H groups in total.